The fraction of sp³-hybridized carbons (Fsp3) is 0.379. The normalized spacial score (nSPS) is 12.1. The maximum Gasteiger partial charge on any atom is 0.165 e. The molecule has 4 rings (SSSR count). The average molecular weight is 548 g/mol. The van der Waals surface area contributed by atoms with Crippen LogP contribution >= 0.6 is 0 Å². The van der Waals surface area contributed by atoms with E-state index in [0.29, 0.717) is 61.1 Å². The third-order valence-electron chi connectivity index (χ3n) is 5.83. The van der Waals surface area contributed by atoms with Crippen molar-refractivity contribution in [2.45, 2.75) is 26.7 Å². The molecule has 0 amide bonds. The molecule has 39 heavy (non-hydrogen) atoms. The van der Waals surface area contributed by atoms with E-state index in [-0.39, 0.29) is 24.7 Å². The number of phenols is 2. The number of hydrogen-bond acceptors (Lipinski definition) is 8. The van der Waals surface area contributed by atoms with E-state index >= 15 is 0 Å². The van der Waals surface area contributed by atoms with Gasteiger partial charge in [-0.15, -0.1) is 0 Å². The van der Waals surface area contributed by atoms with Crippen LogP contribution in [0.3, 0.4) is 0 Å². The van der Waals surface area contributed by atoms with Crippen molar-refractivity contribution in [2.24, 2.45) is 0 Å². The van der Waals surface area contributed by atoms with Gasteiger partial charge in [0.25, 0.3) is 0 Å². The van der Waals surface area contributed by atoms with Gasteiger partial charge in [0.1, 0.15) is 23.9 Å². The van der Waals surface area contributed by atoms with Gasteiger partial charge in [-0.1, -0.05) is 19.9 Å². The molecule has 8 nitrogen and oxygen atoms in total. The molecular formula is C29H35F2NO7. The van der Waals surface area contributed by atoms with Gasteiger partial charge in [0, 0.05) is 42.3 Å². The van der Waals surface area contributed by atoms with Gasteiger partial charge >= 0.3 is 0 Å². The zero-order chi connectivity index (χ0) is 28.4. The number of anilines is 1. The molecule has 0 saturated carbocycles. The topological polar surface area (TPSA) is 110 Å². The Bertz CT molecular complexity index is 1180. The van der Waals surface area contributed by atoms with Crippen LogP contribution in [-0.4, -0.2) is 61.5 Å². The van der Waals surface area contributed by atoms with Crippen LogP contribution in [0.5, 0.6) is 28.7 Å². The number of fused-ring (bicyclic) bond motifs is 2. The summed E-state index contributed by atoms with van der Waals surface area (Å²) < 4.78 is 51.1. The smallest absolute Gasteiger partial charge is 0.165 e. The summed E-state index contributed by atoms with van der Waals surface area (Å²) in [5.41, 5.74) is 1.99. The van der Waals surface area contributed by atoms with Gasteiger partial charge in [0.05, 0.1) is 32.1 Å². The first-order chi connectivity index (χ1) is 18.9. The lowest BCUT2D eigenvalue weighted by Crippen LogP contribution is -2.15. The van der Waals surface area contributed by atoms with Crippen LogP contribution in [0.4, 0.5) is 14.5 Å². The largest absolute Gasteiger partial charge is 0.505 e. The van der Waals surface area contributed by atoms with Crippen LogP contribution in [0.15, 0.2) is 42.5 Å². The van der Waals surface area contributed by atoms with Gasteiger partial charge < -0.3 is 39.6 Å². The first kappa shape index (κ1) is 29.9. The lowest BCUT2D eigenvalue weighted by Gasteiger charge is -2.29. The van der Waals surface area contributed by atoms with Crippen LogP contribution in [0.1, 0.15) is 43.4 Å². The molecule has 0 unspecified atom stereocenters. The molecule has 1 aliphatic rings. The van der Waals surface area contributed by atoms with Gasteiger partial charge in [0.2, 0.25) is 0 Å². The minimum absolute atomic E-state index is 0.0366. The molecule has 4 N–H and O–H groups in total. The van der Waals surface area contributed by atoms with Crippen molar-refractivity contribution < 1.29 is 43.0 Å². The summed E-state index contributed by atoms with van der Waals surface area (Å²) in [5, 5.41) is 32.3. The molecule has 0 bridgehead atoms. The van der Waals surface area contributed by atoms with Gasteiger partial charge in [-0.3, -0.25) is 0 Å². The Morgan fingerprint density at radius 2 is 1.46 bits per heavy atom. The number of nitrogens with one attached hydrogen (secondary N) is 1. The molecule has 10 heteroatoms. The van der Waals surface area contributed by atoms with E-state index in [1.165, 1.54) is 0 Å². The first-order valence-electron chi connectivity index (χ1n) is 12.9. The second kappa shape index (κ2) is 14.5. The van der Waals surface area contributed by atoms with Crippen LogP contribution in [0.2, 0.25) is 0 Å². The highest BCUT2D eigenvalue weighted by Crippen LogP contribution is 2.50. The Hall–Kier alpha value is -3.60. The quantitative estimate of drug-likeness (QED) is 0.172. The third kappa shape index (κ3) is 7.29. The van der Waals surface area contributed by atoms with Crippen molar-refractivity contribution in [3.8, 4) is 28.7 Å². The fourth-order valence-electron chi connectivity index (χ4n) is 4.15. The van der Waals surface area contributed by atoms with E-state index in [4.69, 9.17) is 18.9 Å². The lowest BCUT2D eigenvalue weighted by molar-refractivity contribution is 0.0570. The molecule has 0 saturated heterocycles. The van der Waals surface area contributed by atoms with Gasteiger partial charge in [-0.05, 0) is 36.8 Å². The van der Waals surface area contributed by atoms with Crippen LogP contribution in [0.25, 0.3) is 0 Å². The number of ether oxygens (including phenoxy) is 4. The summed E-state index contributed by atoms with van der Waals surface area (Å²) in [4.78, 5) is 0. The lowest BCUT2D eigenvalue weighted by atomic mass is 9.82. The second-order valence-corrected chi connectivity index (χ2v) is 8.28. The van der Waals surface area contributed by atoms with E-state index in [1.807, 2.05) is 20.8 Å². The summed E-state index contributed by atoms with van der Waals surface area (Å²) in [6.45, 7) is 8.28. The molecule has 0 radical (unpaired) electrons. The number of aliphatic hydroxyl groups excluding tert-OH is 1. The Morgan fingerprint density at radius 3 is 2.05 bits per heavy atom. The highest BCUT2D eigenvalue weighted by atomic mass is 19.1. The highest BCUT2D eigenvalue weighted by Gasteiger charge is 2.32. The standard InChI is InChI=1S/C27H29F2NO7.C2H6/c1-2-34-9-10-35-7-5-30-21-4-3-16(11-26(21)36-8-6-31)27-17-12-19(28)22(32)14-24(17)37-25-15-23(33)20(29)13-18(25)27;1-2/h3-4,11-15,27,30-33H,2,5-10H2,1H3;1-2H3. The van der Waals surface area contributed by atoms with Gasteiger partial charge in [0.15, 0.2) is 23.1 Å². The number of benzene rings is 3. The molecule has 212 valence electrons. The highest BCUT2D eigenvalue weighted by molar-refractivity contribution is 5.64. The van der Waals surface area contributed by atoms with Crippen molar-refractivity contribution >= 4 is 5.69 Å². The summed E-state index contributed by atoms with van der Waals surface area (Å²) in [7, 11) is 0. The molecular weight excluding hydrogens is 512 g/mol. The first-order valence-corrected chi connectivity index (χ1v) is 12.9. The summed E-state index contributed by atoms with van der Waals surface area (Å²) >= 11 is 0. The second-order valence-electron chi connectivity index (χ2n) is 8.28. The van der Waals surface area contributed by atoms with E-state index in [0.717, 1.165) is 24.3 Å². The molecule has 0 fully saturated rings. The monoisotopic (exact) mass is 547 g/mol. The molecule has 1 aliphatic heterocycles. The predicted octanol–water partition coefficient (Wildman–Crippen LogP) is 5.52. The number of halogens is 2. The third-order valence-corrected chi connectivity index (χ3v) is 5.83. The molecule has 3 aromatic rings. The van der Waals surface area contributed by atoms with Crippen LogP contribution < -0.4 is 14.8 Å². The van der Waals surface area contributed by atoms with E-state index in [1.54, 1.807) is 18.2 Å². The van der Waals surface area contributed by atoms with Crippen LogP contribution in [-0.2, 0) is 9.47 Å². The summed E-state index contributed by atoms with van der Waals surface area (Å²) in [6.07, 6.45) is 0. The van der Waals surface area contributed by atoms with E-state index in [2.05, 4.69) is 5.32 Å². The Kier molecular flexibility index (Phi) is 11.2. The van der Waals surface area contributed by atoms with Crippen molar-refractivity contribution in [2.75, 3.05) is 51.5 Å². The minimum atomic E-state index is -0.852. The van der Waals surface area contributed by atoms with Crippen molar-refractivity contribution in [3.05, 3.63) is 70.8 Å². The van der Waals surface area contributed by atoms with Crippen LogP contribution in [0, 0.1) is 11.6 Å². The maximum absolute atomic E-state index is 14.4. The molecule has 0 spiro atoms. The number of rotatable bonds is 12. The van der Waals surface area contributed by atoms with E-state index < -0.39 is 29.1 Å². The molecule has 0 aromatic heterocycles. The summed E-state index contributed by atoms with van der Waals surface area (Å²) in [5.74, 6) is -2.82. The Balaban J connectivity index is 0.00000205. The number of phenolic OH excluding ortho intramolecular Hbond substituents is 2. The van der Waals surface area contributed by atoms with Crippen molar-refractivity contribution in [3.63, 3.8) is 0 Å². The molecule has 1 heterocycles. The SMILES string of the molecule is CC.CCOCCOCCNc1ccc(C2c3cc(F)c(O)cc3Oc3cc(O)c(F)cc32)cc1OCCO. The summed E-state index contributed by atoms with van der Waals surface area (Å²) in [6, 6.07) is 9.84. The molecule has 0 aliphatic carbocycles. The maximum atomic E-state index is 14.4. The Labute approximate surface area is 226 Å². The van der Waals surface area contributed by atoms with Gasteiger partial charge in [-0.2, -0.15) is 0 Å². The van der Waals surface area contributed by atoms with Crippen molar-refractivity contribution in [1.29, 1.82) is 0 Å². The zero-order valence-corrected chi connectivity index (χ0v) is 22.3. The van der Waals surface area contributed by atoms with E-state index in [9.17, 15) is 24.1 Å². The van der Waals surface area contributed by atoms with Gasteiger partial charge in [-0.25, -0.2) is 8.78 Å². The number of aliphatic hydroxyl groups is 1. The fourth-order valence-corrected chi connectivity index (χ4v) is 4.15. The molecule has 3 aromatic carbocycles. The number of hydrogen-bond donors (Lipinski definition) is 4. The average Bonchev–Trinajstić information content (AvgIpc) is 2.93. The number of aromatic hydroxyl groups is 2. The predicted molar refractivity (Wildman–Crippen MR) is 143 cm³/mol. The zero-order valence-electron chi connectivity index (χ0n) is 22.3. The molecule has 0 atom stereocenters. The Morgan fingerprint density at radius 1 is 0.846 bits per heavy atom. The minimum Gasteiger partial charge on any atom is -0.505 e. The van der Waals surface area contributed by atoms with Crippen molar-refractivity contribution in [1.82, 2.24) is 0 Å².